The van der Waals surface area contributed by atoms with Crippen LogP contribution in [-0.2, 0) is 11.2 Å². The van der Waals surface area contributed by atoms with Crippen molar-refractivity contribution in [3.8, 4) is 0 Å². The average Bonchev–Trinajstić information content (AvgIpc) is 3.10. The minimum atomic E-state index is -0.234. The molecule has 5 heteroatoms. The second-order valence-corrected chi connectivity index (χ2v) is 7.04. The largest absolute Gasteiger partial charge is 0.333 e. The molecule has 0 radical (unpaired) electrons. The predicted octanol–water partition coefficient (Wildman–Crippen LogP) is 4.21. The molecule has 2 aromatic rings. The van der Waals surface area contributed by atoms with Gasteiger partial charge in [-0.1, -0.05) is 25.1 Å². The topological polar surface area (TPSA) is 33.2 Å². The number of likely N-dealkylation sites (tertiary alicyclic amines) is 1. The van der Waals surface area contributed by atoms with Crippen molar-refractivity contribution in [2.45, 2.75) is 38.6 Å². The monoisotopic (exact) mass is 332 g/mol. The fourth-order valence-electron chi connectivity index (χ4n) is 3.22. The Hall–Kier alpha value is -1.75. The molecule has 122 valence electrons. The summed E-state index contributed by atoms with van der Waals surface area (Å²) in [6, 6.07) is 6.78. The SMILES string of the molecule is C[C@H](Cc1ccccc1F)C(=O)N1CCCC[C@H]1c1nccs1. The molecule has 3 nitrogen and oxygen atoms in total. The van der Waals surface area contributed by atoms with Gasteiger partial charge in [-0.3, -0.25) is 4.79 Å². The summed E-state index contributed by atoms with van der Waals surface area (Å²) < 4.78 is 13.8. The van der Waals surface area contributed by atoms with Gasteiger partial charge in [0.2, 0.25) is 5.91 Å². The van der Waals surface area contributed by atoms with Crippen LogP contribution in [0.15, 0.2) is 35.8 Å². The summed E-state index contributed by atoms with van der Waals surface area (Å²) in [7, 11) is 0. The Morgan fingerprint density at radius 2 is 2.26 bits per heavy atom. The van der Waals surface area contributed by atoms with Gasteiger partial charge >= 0.3 is 0 Å². The van der Waals surface area contributed by atoms with Crippen LogP contribution in [0, 0.1) is 11.7 Å². The first kappa shape index (κ1) is 16.1. The molecule has 0 bridgehead atoms. The van der Waals surface area contributed by atoms with E-state index in [1.807, 2.05) is 23.3 Å². The van der Waals surface area contributed by atoms with Crippen molar-refractivity contribution in [3.05, 3.63) is 52.2 Å². The summed E-state index contributed by atoms with van der Waals surface area (Å²) >= 11 is 1.60. The minimum absolute atomic E-state index is 0.0827. The van der Waals surface area contributed by atoms with Crippen LogP contribution in [0.4, 0.5) is 4.39 Å². The quantitative estimate of drug-likeness (QED) is 0.840. The van der Waals surface area contributed by atoms with Crippen LogP contribution >= 0.6 is 11.3 Å². The van der Waals surface area contributed by atoms with Gasteiger partial charge in [0, 0.05) is 24.0 Å². The molecule has 0 unspecified atom stereocenters. The molecular weight excluding hydrogens is 311 g/mol. The zero-order valence-corrected chi connectivity index (χ0v) is 14.1. The van der Waals surface area contributed by atoms with Gasteiger partial charge in [0.25, 0.3) is 0 Å². The third-order valence-corrected chi connectivity index (χ3v) is 5.30. The van der Waals surface area contributed by atoms with Crippen LogP contribution in [0.2, 0.25) is 0 Å². The zero-order valence-electron chi connectivity index (χ0n) is 13.2. The molecule has 1 aliphatic rings. The Bertz CT molecular complexity index is 659. The van der Waals surface area contributed by atoms with Gasteiger partial charge in [-0.05, 0) is 37.3 Å². The lowest BCUT2D eigenvalue weighted by Crippen LogP contribution is -2.41. The lowest BCUT2D eigenvalue weighted by Gasteiger charge is -2.36. The van der Waals surface area contributed by atoms with Crippen molar-refractivity contribution in [1.29, 1.82) is 0 Å². The van der Waals surface area contributed by atoms with Crippen LogP contribution in [0.25, 0.3) is 0 Å². The van der Waals surface area contributed by atoms with E-state index in [1.165, 1.54) is 6.07 Å². The first-order chi connectivity index (χ1) is 11.2. The molecule has 23 heavy (non-hydrogen) atoms. The molecule has 1 aromatic heterocycles. The highest BCUT2D eigenvalue weighted by Crippen LogP contribution is 2.33. The van der Waals surface area contributed by atoms with Gasteiger partial charge in [0.1, 0.15) is 10.8 Å². The molecule has 1 amide bonds. The van der Waals surface area contributed by atoms with E-state index >= 15 is 0 Å². The van der Waals surface area contributed by atoms with Gasteiger partial charge in [-0.15, -0.1) is 11.3 Å². The standard InChI is InChI=1S/C18H21FN2OS/c1-13(12-14-6-2-3-7-15(14)19)18(22)21-10-5-4-8-16(21)17-20-9-11-23-17/h2-3,6-7,9,11,13,16H,4-5,8,10,12H2,1H3/t13-,16+/m1/s1. The normalized spacial score (nSPS) is 19.6. The Kier molecular flexibility index (Phi) is 5.06. The number of carbonyl (C=O) groups excluding carboxylic acids is 1. The number of piperidine rings is 1. The maximum absolute atomic E-state index is 13.8. The second-order valence-electron chi connectivity index (χ2n) is 6.11. The van der Waals surface area contributed by atoms with Crippen molar-refractivity contribution in [2.24, 2.45) is 5.92 Å². The Labute approximate surface area is 140 Å². The number of carbonyl (C=O) groups is 1. The number of rotatable bonds is 4. The Morgan fingerprint density at radius 1 is 1.43 bits per heavy atom. The predicted molar refractivity (Wildman–Crippen MR) is 89.7 cm³/mol. The molecule has 2 heterocycles. The third kappa shape index (κ3) is 3.61. The number of hydrogen-bond acceptors (Lipinski definition) is 3. The summed E-state index contributed by atoms with van der Waals surface area (Å²) in [5.74, 6) is -0.358. The van der Waals surface area contributed by atoms with E-state index in [2.05, 4.69) is 4.98 Å². The van der Waals surface area contributed by atoms with Gasteiger partial charge in [0.15, 0.2) is 0 Å². The fraction of sp³-hybridized carbons (Fsp3) is 0.444. The van der Waals surface area contributed by atoms with Gasteiger partial charge in [-0.25, -0.2) is 9.37 Å². The smallest absolute Gasteiger partial charge is 0.226 e. The van der Waals surface area contributed by atoms with Crippen LogP contribution in [-0.4, -0.2) is 22.3 Å². The molecule has 3 rings (SSSR count). The van der Waals surface area contributed by atoms with Crippen LogP contribution < -0.4 is 0 Å². The molecule has 1 fully saturated rings. The maximum atomic E-state index is 13.8. The molecule has 1 aliphatic heterocycles. The molecule has 1 saturated heterocycles. The van der Waals surface area contributed by atoms with Gasteiger partial charge in [0.05, 0.1) is 6.04 Å². The van der Waals surface area contributed by atoms with E-state index in [1.54, 1.807) is 29.7 Å². The summed E-state index contributed by atoms with van der Waals surface area (Å²) in [6.07, 6.45) is 5.34. The molecule has 2 atom stereocenters. The summed E-state index contributed by atoms with van der Waals surface area (Å²) in [5, 5.41) is 2.96. The molecule has 0 N–H and O–H groups in total. The third-order valence-electron chi connectivity index (χ3n) is 4.43. The zero-order chi connectivity index (χ0) is 16.2. The van der Waals surface area contributed by atoms with Crippen LogP contribution in [0.5, 0.6) is 0 Å². The van der Waals surface area contributed by atoms with Gasteiger partial charge in [-0.2, -0.15) is 0 Å². The Morgan fingerprint density at radius 3 is 3.00 bits per heavy atom. The van der Waals surface area contributed by atoms with Crippen molar-refractivity contribution < 1.29 is 9.18 Å². The lowest BCUT2D eigenvalue weighted by molar-refractivity contribution is -0.139. The molecule has 0 aliphatic carbocycles. The highest BCUT2D eigenvalue weighted by Gasteiger charge is 2.32. The van der Waals surface area contributed by atoms with Gasteiger partial charge < -0.3 is 4.90 Å². The van der Waals surface area contributed by atoms with E-state index in [0.29, 0.717) is 12.0 Å². The highest BCUT2D eigenvalue weighted by atomic mass is 32.1. The number of aromatic nitrogens is 1. The maximum Gasteiger partial charge on any atom is 0.226 e. The van der Waals surface area contributed by atoms with Crippen molar-refractivity contribution in [1.82, 2.24) is 9.88 Å². The molecule has 0 spiro atoms. The number of benzene rings is 1. The average molecular weight is 332 g/mol. The lowest BCUT2D eigenvalue weighted by atomic mass is 9.96. The number of halogens is 1. The number of thiazole rings is 1. The van der Waals surface area contributed by atoms with Crippen molar-refractivity contribution in [2.75, 3.05) is 6.54 Å². The van der Waals surface area contributed by atoms with E-state index in [9.17, 15) is 9.18 Å². The molecular formula is C18H21FN2OS. The first-order valence-electron chi connectivity index (χ1n) is 8.10. The molecule has 0 saturated carbocycles. The van der Waals surface area contributed by atoms with Crippen LogP contribution in [0.3, 0.4) is 0 Å². The molecule has 1 aromatic carbocycles. The summed E-state index contributed by atoms with van der Waals surface area (Å²) in [5.41, 5.74) is 0.608. The van der Waals surface area contributed by atoms with Crippen LogP contribution in [0.1, 0.15) is 42.8 Å². The minimum Gasteiger partial charge on any atom is -0.333 e. The van der Waals surface area contributed by atoms with E-state index in [0.717, 1.165) is 30.8 Å². The van der Waals surface area contributed by atoms with Crippen molar-refractivity contribution in [3.63, 3.8) is 0 Å². The van der Waals surface area contributed by atoms with Crippen molar-refractivity contribution >= 4 is 17.2 Å². The number of hydrogen-bond donors (Lipinski definition) is 0. The fourth-order valence-corrected chi connectivity index (χ4v) is 4.00. The summed E-state index contributed by atoms with van der Waals surface area (Å²) in [6.45, 7) is 2.66. The van der Waals surface area contributed by atoms with E-state index in [4.69, 9.17) is 0 Å². The van der Waals surface area contributed by atoms with E-state index in [-0.39, 0.29) is 23.7 Å². The number of nitrogens with zero attached hydrogens (tertiary/aromatic N) is 2. The Balaban J connectivity index is 1.73. The number of amides is 1. The second kappa shape index (κ2) is 7.21. The first-order valence-corrected chi connectivity index (χ1v) is 8.98. The highest BCUT2D eigenvalue weighted by molar-refractivity contribution is 7.09. The van der Waals surface area contributed by atoms with E-state index < -0.39 is 0 Å². The summed E-state index contributed by atoms with van der Waals surface area (Å²) in [4.78, 5) is 19.2.